The molecule has 0 fully saturated rings. The van der Waals surface area contributed by atoms with E-state index in [1.165, 1.54) is 13.1 Å². The summed E-state index contributed by atoms with van der Waals surface area (Å²) in [5.74, 6) is 0. The lowest BCUT2D eigenvalue weighted by atomic mass is 10.2. The van der Waals surface area contributed by atoms with Crippen molar-refractivity contribution in [2.24, 2.45) is 0 Å². The summed E-state index contributed by atoms with van der Waals surface area (Å²) in [7, 11) is 0. The third kappa shape index (κ3) is 1.27. The van der Waals surface area contributed by atoms with Gasteiger partial charge in [0, 0.05) is 6.20 Å². The van der Waals surface area contributed by atoms with E-state index in [2.05, 4.69) is 40.2 Å². The van der Waals surface area contributed by atoms with Gasteiger partial charge >= 0.3 is 0 Å². The SMILES string of the molecule is C=Cc1ccnc2cc(I)sc12. The first-order chi connectivity index (χ1) is 5.81. The topological polar surface area (TPSA) is 12.9 Å². The van der Waals surface area contributed by atoms with Gasteiger partial charge in [-0.2, -0.15) is 0 Å². The molecule has 0 radical (unpaired) electrons. The van der Waals surface area contributed by atoms with Gasteiger partial charge in [-0.25, -0.2) is 0 Å². The summed E-state index contributed by atoms with van der Waals surface area (Å²) in [6.07, 6.45) is 3.69. The summed E-state index contributed by atoms with van der Waals surface area (Å²) in [5, 5.41) is 0. The maximum atomic E-state index is 4.27. The van der Waals surface area contributed by atoms with Gasteiger partial charge in [0.25, 0.3) is 0 Å². The van der Waals surface area contributed by atoms with E-state index in [0.29, 0.717) is 0 Å². The van der Waals surface area contributed by atoms with Crippen LogP contribution in [0.5, 0.6) is 0 Å². The van der Waals surface area contributed by atoms with Crippen LogP contribution in [0.2, 0.25) is 0 Å². The fourth-order valence-electron chi connectivity index (χ4n) is 1.09. The Kier molecular flexibility index (Phi) is 2.14. The maximum Gasteiger partial charge on any atom is 0.0826 e. The second-order valence-corrected chi connectivity index (χ2v) is 5.32. The highest BCUT2D eigenvalue weighted by Crippen LogP contribution is 2.28. The first-order valence-corrected chi connectivity index (χ1v) is 5.37. The molecule has 0 bridgehead atoms. The lowest BCUT2D eigenvalue weighted by Crippen LogP contribution is -1.74. The number of aromatic nitrogens is 1. The van der Waals surface area contributed by atoms with Gasteiger partial charge in [-0.05, 0) is 40.3 Å². The molecule has 0 aromatic carbocycles. The van der Waals surface area contributed by atoms with Crippen molar-refractivity contribution in [1.82, 2.24) is 4.98 Å². The van der Waals surface area contributed by atoms with Crippen molar-refractivity contribution in [2.75, 3.05) is 0 Å². The highest BCUT2D eigenvalue weighted by Gasteiger charge is 2.02. The van der Waals surface area contributed by atoms with Gasteiger partial charge in [-0.3, -0.25) is 4.98 Å². The van der Waals surface area contributed by atoms with Crippen LogP contribution in [-0.4, -0.2) is 4.98 Å². The first-order valence-electron chi connectivity index (χ1n) is 3.48. The minimum atomic E-state index is 1.07. The number of fused-ring (bicyclic) bond motifs is 1. The van der Waals surface area contributed by atoms with Gasteiger partial charge in [0.15, 0.2) is 0 Å². The van der Waals surface area contributed by atoms with Crippen molar-refractivity contribution >= 4 is 50.2 Å². The van der Waals surface area contributed by atoms with Crippen LogP contribution in [-0.2, 0) is 0 Å². The quantitative estimate of drug-likeness (QED) is 0.731. The Morgan fingerprint density at radius 2 is 2.42 bits per heavy atom. The molecule has 60 valence electrons. The van der Waals surface area contributed by atoms with Crippen LogP contribution in [0.1, 0.15) is 5.56 Å². The molecule has 0 saturated carbocycles. The molecule has 0 saturated heterocycles. The largest absolute Gasteiger partial charge is 0.255 e. The number of nitrogens with zero attached hydrogens (tertiary/aromatic N) is 1. The van der Waals surface area contributed by atoms with Crippen molar-refractivity contribution < 1.29 is 0 Å². The smallest absolute Gasteiger partial charge is 0.0826 e. The molecule has 0 atom stereocenters. The molecule has 1 nitrogen and oxygen atoms in total. The van der Waals surface area contributed by atoms with Crippen LogP contribution in [0.25, 0.3) is 16.3 Å². The molecule has 2 aromatic rings. The molecule has 0 unspecified atom stereocenters. The standard InChI is InChI=1S/C9H6INS/c1-2-6-3-4-11-7-5-8(10)12-9(6)7/h2-5H,1H2. The maximum absolute atomic E-state index is 4.27. The minimum absolute atomic E-state index is 1.07. The van der Waals surface area contributed by atoms with Gasteiger partial charge in [0.2, 0.25) is 0 Å². The number of rotatable bonds is 1. The molecule has 0 amide bonds. The molecule has 0 aliphatic heterocycles. The van der Waals surface area contributed by atoms with E-state index in [1.807, 2.05) is 18.3 Å². The Hall–Kier alpha value is -0.420. The Morgan fingerprint density at radius 3 is 3.17 bits per heavy atom. The molecular formula is C9H6INS. The Bertz CT molecular complexity index is 433. The molecule has 0 spiro atoms. The van der Waals surface area contributed by atoms with E-state index in [4.69, 9.17) is 0 Å². The van der Waals surface area contributed by atoms with Crippen LogP contribution in [0.4, 0.5) is 0 Å². The van der Waals surface area contributed by atoms with Crippen molar-refractivity contribution in [1.29, 1.82) is 0 Å². The summed E-state index contributed by atoms with van der Waals surface area (Å²) >= 11 is 4.07. The molecule has 2 aromatic heterocycles. The van der Waals surface area contributed by atoms with Crippen LogP contribution in [0.3, 0.4) is 0 Å². The number of hydrogen-bond acceptors (Lipinski definition) is 2. The summed E-state index contributed by atoms with van der Waals surface area (Å²) in [5.41, 5.74) is 2.25. The van der Waals surface area contributed by atoms with Gasteiger partial charge in [-0.15, -0.1) is 11.3 Å². The van der Waals surface area contributed by atoms with E-state index >= 15 is 0 Å². The average molecular weight is 287 g/mol. The summed E-state index contributed by atoms with van der Waals surface area (Å²) in [4.78, 5) is 4.27. The Balaban J connectivity index is 2.86. The second kappa shape index (κ2) is 3.14. The van der Waals surface area contributed by atoms with Gasteiger partial charge in [0.1, 0.15) is 0 Å². The zero-order chi connectivity index (χ0) is 8.55. The van der Waals surface area contributed by atoms with Crippen LogP contribution in [0, 0.1) is 2.88 Å². The molecule has 2 heterocycles. The van der Waals surface area contributed by atoms with E-state index in [9.17, 15) is 0 Å². The lowest BCUT2D eigenvalue weighted by Gasteiger charge is -1.92. The Morgan fingerprint density at radius 1 is 1.58 bits per heavy atom. The molecule has 0 aliphatic carbocycles. The minimum Gasteiger partial charge on any atom is -0.255 e. The highest BCUT2D eigenvalue weighted by atomic mass is 127. The zero-order valence-corrected chi connectivity index (χ0v) is 9.22. The number of halogens is 1. The van der Waals surface area contributed by atoms with Crippen LogP contribution in [0.15, 0.2) is 24.9 Å². The van der Waals surface area contributed by atoms with E-state index in [-0.39, 0.29) is 0 Å². The number of thiophene rings is 1. The monoisotopic (exact) mass is 287 g/mol. The first kappa shape index (κ1) is 8.19. The van der Waals surface area contributed by atoms with Crippen molar-refractivity contribution in [2.45, 2.75) is 0 Å². The van der Waals surface area contributed by atoms with Crippen molar-refractivity contribution in [3.63, 3.8) is 0 Å². The second-order valence-electron chi connectivity index (χ2n) is 2.37. The van der Waals surface area contributed by atoms with E-state index < -0.39 is 0 Å². The predicted octanol–water partition coefficient (Wildman–Crippen LogP) is 3.54. The third-order valence-electron chi connectivity index (χ3n) is 1.63. The van der Waals surface area contributed by atoms with Crippen molar-refractivity contribution in [3.8, 4) is 0 Å². The zero-order valence-electron chi connectivity index (χ0n) is 6.25. The van der Waals surface area contributed by atoms with Crippen molar-refractivity contribution in [3.05, 3.63) is 33.4 Å². The normalized spacial score (nSPS) is 10.4. The average Bonchev–Trinajstić information content (AvgIpc) is 2.44. The molecule has 0 aliphatic rings. The number of hydrogen-bond donors (Lipinski definition) is 0. The highest BCUT2D eigenvalue weighted by molar-refractivity contribution is 14.1. The van der Waals surface area contributed by atoms with Gasteiger partial charge < -0.3 is 0 Å². The summed E-state index contributed by atoms with van der Waals surface area (Å²) in [6, 6.07) is 4.08. The third-order valence-corrected chi connectivity index (χ3v) is 3.57. The van der Waals surface area contributed by atoms with E-state index in [1.54, 1.807) is 11.3 Å². The molecule has 0 N–H and O–H groups in total. The lowest BCUT2D eigenvalue weighted by molar-refractivity contribution is 1.42. The summed E-state index contributed by atoms with van der Waals surface area (Å²) < 4.78 is 2.50. The van der Waals surface area contributed by atoms with Gasteiger partial charge in [0.05, 0.1) is 13.1 Å². The number of pyridine rings is 1. The molecular weight excluding hydrogens is 281 g/mol. The van der Waals surface area contributed by atoms with Gasteiger partial charge in [-0.1, -0.05) is 12.7 Å². The van der Waals surface area contributed by atoms with Crippen LogP contribution >= 0.6 is 33.9 Å². The van der Waals surface area contributed by atoms with E-state index in [0.717, 1.165) is 5.52 Å². The molecule has 3 heteroatoms. The summed E-state index contributed by atoms with van der Waals surface area (Å²) in [6.45, 7) is 3.77. The fraction of sp³-hybridized carbons (Fsp3) is 0. The molecule has 12 heavy (non-hydrogen) atoms. The predicted molar refractivity (Wildman–Crippen MR) is 62.4 cm³/mol. The fourth-order valence-corrected chi connectivity index (χ4v) is 2.90. The molecule has 2 rings (SSSR count). The van der Waals surface area contributed by atoms with Crippen LogP contribution < -0.4 is 0 Å². The Labute approximate surface area is 88.3 Å².